The van der Waals surface area contributed by atoms with E-state index in [4.69, 9.17) is 16.3 Å². The molecule has 0 radical (unpaired) electrons. The summed E-state index contributed by atoms with van der Waals surface area (Å²) in [5, 5.41) is 6.28. The van der Waals surface area contributed by atoms with E-state index < -0.39 is 0 Å². The van der Waals surface area contributed by atoms with Gasteiger partial charge >= 0.3 is 6.03 Å². The van der Waals surface area contributed by atoms with E-state index in [1.165, 1.54) is 0 Å². The molecule has 0 bridgehead atoms. The lowest BCUT2D eigenvalue weighted by Crippen LogP contribution is -2.45. The molecule has 2 aliphatic heterocycles. The molecule has 0 saturated carbocycles. The second-order valence-electron chi connectivity index (χ2n) is 5.87. The molecular weight excluding hydrogens is 318 g/mol. The lowest BCUT2D eigenvalue weighted by atomic mass is 10.2. The standard InChI is InChI=1S/C16H20ClN3O3/c17-11-3-5-13(6-4-11)20-10-12(8-15(20)21)19-16(22)18-9-14-2-1-7-23-14/h3-6,12,14H,1-2,7-10H2,(H2,18,19,22)/t12-,14-/m0/s1. The second-order valence-corrected chi connectivity index (χ2v) is 6.31. The molecule has 3 amide bonds. The maximum absolute atomic E-state index is 12.1. The van der Waals surface area contributed by atoms with Crippen LogP contribution in [0.4, 0.5) is 10.5 Å². The number of carbonyl (C=O) groups excluding carboxylic acids is 2. The molecule has 0 aromatic heterocycles. The molecule has 0 aliphatic carbocycles. The number of urea groups is 1. The van der Waals surface area contributed by atoms with Gasteiger partial charge in [0.15, 0.2) is 0 Å². The highest BCUT2D eigenvalue weighted by Crippen LogP contribution is 2.23. The van der Waals surface area contributed by atoms with Crippen LogP contribution in [0.2, 0.25) is 5.02 Å². The van der Waals surface area contributed by atoms with E-state index in [-0.39, 0.29) is 24.1 Å². The maximum Gasteiger partial charge on any atom is 0.315 e. The summed E-state index contributed by atoms with van der Waals surface area (Å²) < 4.78 is 5.46. The first kappa shape index (κ1) is 16.1. The number of benzene rings is 1. The molecular formula is C16H20ClN3O3. The third-order valence-electron chi connectivity index (χ3n) is 4.11. The lowest BCUT2D eigenvalue weighted by Gasteiger charge is -2.18. The average molecular weight is 338 g/mol. The van der Waals surface area contributed by atoms with Crippen LogP contribution in [0.25, 0.3) is 0 Å². The minimum atomic E-state index is -0.253. The molecule has 124 valence electrons. The van der Waals surface area contributed by atoms with Crippen molar-refractivity contribution in [2.75, 3.05) is 24.6 Å². The Kier molecular flexibility index (Phi) is 5.03. The second kappa shape index (κ2) is 7.19. The predicted octanol–water partition coefficient (Wildman–Crippen LogP) is 1.92. The molecule has 2 heterocycles. The van der Waals surface area contributed by atoms with Crippen molar-refractivity contribution < 1.29 is 14.3 Å². The Morgan fingerprint density at radius 3 is 2.83 bits per heavy atom. The number of amides is 3. The van der Waals surface area contributed by atoms with Crippen LogP contribution in [0.15, 0.2) is 24.3 Å². The first-order valence-corrected chi connectivity index (χ1v) is 8.21. The van der Waals surface area contributed by atoms with Gasteiger partial charge in [0.1, 0.15) is 0 Å². The summed E-state index contributed by atoms with van der Waals surface area (Å²) in [7, 11) is 0. The molecule has 6 nitrogen and oxygen atoms in total. The molecule has 3 rings (SSSR count). The van der Waals surface area contributed by atoms with Crippen molar-refractivity contribution in [3.63, 3.8) is 0 Å². The fraction of sp³-hybridized carbons (Fsp3) is 0.500. The summed E-state index contributed by atoms with van der Waals surface area (Å²) in [6, 6.07) is 6.66. The van der Waals surface area contributed by atoms with Crippen LogP contribution in [0.3, 0.4) is 0 Å². The first-order chi connectivity index (χ1) is 11.1. The highest BCUT2D eigenvalue weighted by Gasteiger charge is 2.31. The van der Waals surface area contributed by atoms with Crippen molar-refractivity contribution in [2.45, 2.75) is 31.4 Å². The van der Waals surface area contributed by atoms with Gasteiger partial charge in [-0.25, -0.2) is 4.79 Å². The van der Waals surface area contributed by atoms with Crippen molar-refractivity contribution in [3.8, 4) is 0 Å². The largest absolute Gasteiger partial charge is 0.376 e. The number of halogens is 1. The molecule has 0 spiro atoms. The summed E-state index contributed by atoms with van der Waals surface area (Å²) in [5.41, 5.74) is 0.795. The van der Waals surface area contributed by atoms with E-state index in [9.17, 15) is 9.59 Å². The van der Waals surface area contributed by atoms with Crippen LogP contribution in [0.5, 0.6) is 0 Å². The number of hydrogen-bond acceptors (Lipinski definition) is 3. The quantitative estimate of drug-likeness (QED) is 0.882. The van der Waals surface area contributed by atoms with Crippen molar-refractivity contribution >= 4 is 29.2 Å². The molecule has 0 unspecified atom stereocenters. The van der Waals surface area contributed by atoms with Crippen LogP contribution < -0.4 is 15.5 Å². The third-order valence-corrected chi connectivity index (χ3v) is 4.36. The van der Waals surface area contributed by atoms with E-state index in [1.54, 1.807) is 29.2 Å². The summed E-state index contributed by atoms with van der Waals surface area (Å²) in [6.45, 7) is 1.74. The number of ether oxygens (including phenoxy) is 1. The van der Waals surface area contributed by atoms with Gasteiger partial charge < -0.3 is 20.3 Å². The summed E-state index contributed by atoms with van der Waals surface area (Å²) in [5.74, 6) is -0.00301. The van der Waals surface area contributed by atoms with Gasteiger partial charge in [-0.1, -0.05) is 11.6 Å². The van der Waals surface area contributed by atoms with Gasteiger partial charge in [-0.05, 0) is 37.1 Å². The summed E-state index contributed by atoms with van der Waals surface area (Å²) >= 11 is 5.86. The smallest absolute Gasteiger partial charge is 0.315 e. The Bertz CT molecular complexity index is 572. The van der Waals surface area contributed by atoms with Crippen molar-refractivity contribution in [1.82, 2.24) is 10.6 Å². The molecule has 2 saturated heterocycles. The normalized spacial score (nSPS) is 24.0. The Hall–Kier alpha value is -1.79. The van der Waals surface area contributed by atoms with Gasteiger partial charge in [-0.3, -0.25) is 4.79 Å². The van der Waals surface area contributed by atoms with Crippen LogP contribution in [-0.2, 0) is 9.53 Å². The van der Waals surface area contributed by atoms with E-state index in [2.05, 4.69) is 10.6 Å². The number of rotatable bonds is 4. The Labute approximate surface area is 140 Å². The van der Waals surface area contributed by atoms with Gasteiger partial charge in [-0.15, -0.1) is 0 Å². The predicted molar refractivity (Wildman–Crippen MR) is 87.7 cm³/mol. The van der Waals surface area contributed by atoms with Crippen LogP contribution in [0, 0.1) is 0 Å². The molecule has 2 atom stereocenters. The number of anilines is 1. The van der Waals surface area contributed by atoms with Gasteiger partial charge in [0.2, 0.25) is 5.91 Å². The van der Waals surface area contributed by atoms with E-state index >= 15 is 0 Å². The topological polar surface area (TPSA) is 70.7 Å². The van der Waals surface area contributed by atoms with Gasteiger partial charge in [0, 0.05) is 36.8 Å². The van der Waals surface area contributed by atoms with E-state index in [1.807, 2.05) is 0 Å². The highest BCUT2D eigenvalue weighted by atomic mass is 35.5. The van der Waals surface area contributed by atoms with Crippen LogP contribution >= 0.6 is 11.6 Å². The fourth-order valence-electron chi connectivity index (χ4n) is 2.92. The number of nitrogens with one attached hydrogen (secondary N) is 2. The number of nitrogens with zero attached hydrogens (tertiary/aromatic N) is 1. The zero-order chi connectivity index (χ0) is 16.2. The highest BCUT2D eigenvalue weighted by molar-refractivity contribution is 6.30. The molecule has 2 N–H and O–H groups in total. The number of carbonyl (C=O) groups is 2. The molecule has 7 heteroatoms. The molecule has 23 heavy (non-hydrogen) atoms. The molecule has 2 aliphatic rings. The maximum atomic E-state index is 12.1. The van der Waals surface area contributed by atoms with E-state index in [0.717, 1.165) is 25.1 Å². The first-order valence-electron chi connectivity index (χ1n) is 7.84. The fourth-order valence-corrected chi connectivity index (χ4v) is 3.05. The number of hydrogen-bond donors (Lipinski definition) is 2. The zero-order valence-corrected chi connectivity index (χ0v) is 13.5. The minimum Gasteiger partial charge on any atom is -0.376 e. The Morgan fingerprint density at radius 1 is 1.35 bits per heavy atom. The lowest BCUT2D eigenvalue weighted by molar-refractivity contribution is -0.117. The SMILES string of the molecule is O=C(NC[C@@H]1CCCO1)N[C@H]1CC(=O)N(c2ccc(Cl)cc2)C1. The molecule has 1 aromatic rings. The van der Waals surface area contributed by atoms with Crippen molar-refractivity contribution in [1.29, 1.82) is 0 Å². The van der Waals surface area contributed by atoms with Crippen molar-refractivity contribution in [3.05, 3.63) is 29.3 Å². The summed E-state index contributed by atoms with van der Waals surface area (Å²) in [4.78, 5) is 25.7. The molecule has 2 fully saturated rings. The van der Waals surface area contributed by atoms with Crippen LogP contribution in [-0.4, -0.2) is 43.8 Å². The van der Waals surface area contributed by atoms with Gasteiger partial charge in [0.05, 0.1) is 12.1 Å². The Morgan fingerprint density at radius 2 is 2.13 bits per heavy atom. The van der Waals surface area contributed by atoms with Gasteiger partial charge in [0.25, 0.3) is 0 Å². The zero-order valence-electron chi connectivity index (χ0n) is 12.8. The third kappa shape index (κ3) is 4.14. The Balaban J connectivity index is 1.48. The van der Waals surface area contributed by atoms with Crippen molar-refractivity contribution in [2.24, 2.45) is 0 Å². The molecule has 1 aromatic carbocycles. The van der Waals surface area contributed by atoms with E-state index in [0.29, 0.717) is 24.5 Å². The monoisotopic (exact) mass is 337 g/mol. The average Bonchev–Trinajstić information content (AvgIpc) is 3.16. The van der Waals surface area contributed by atoms with Crippen LogP contribution in [0.1, 0.15) is 19.3 Å². The summed E-state index contributed by atoms with van der Waals surface area (Å²) in [6.07, 6.45) is 2.43. The van der Waals surface area contributed by atoms with Gasteiger partial charge in [-0.2, -0.15) is 0 Å². The minimum absolute atomic E-state index is 0.00301.